The van der Waals surface area contributed by atoms with Crippen molar-refractivity contribution in [1.29, 1.82) is 0 Å². The van der Waals surface area contributed by atoms with E-state index in [0.29, 0.717) is 42.5 Å². The number of nitrogens with two attached hydrogens (primary N) is 1. The van der Waals surface area contributed by atoms with Crippen LogP contribution in [-0.2, 0) is 6.54 Å². The Morgan fingerprint density at radius 3 is 2.65 bits per heavy atom. The fraction of sp³-hybridized carbons (Fsp3) is 0.471. The number of hydrogen-bond donors (Lipinski definition) is 2. The average molecular weight is 316 g/mol. The molecule has 0 aliphatic carbocycles. The van der Waals surface area contributed by atoms with E-state index in [2.05, 4.69) is 17.3 Å². The summed E-state index contributed by atoms with van der Waals surface area (Å²) >= 11 is 0. The molecule has 0 spiro atoms. The van der Waals surface area contributed by atoms with E-state index in [-0.39, 0.29) is 11.5 Å². The minimum atomic E-state index is -0.265. The van der Waals surface area contributed by atoms with E-state index in [1.165, 1.54) is 4.68 Å². The first-order valence-electron chi connectivity index (χ1n) is 8.17. The van der Waals surface area contributed by atoms with Crippen molar-refractivity contribution in [2.45, 2.75) is 39.2 Å². The molecule has 0 radical (unpaired) electrons. The highest BCUT2D eigenvalue weighted by atomic mass is 16.2. The van der Waals surface area contributed by atoms with Crippen LogP contribution in [-0.4, -0.2) is 28.8 Å². The quantitative estimate of drug-likeness (QED) is 0.725. The molecule has 2 rings (SSSR count). The number of hydrogen-bond acceptors (Lipinski definition) is 4. The highest BCUT2D eigenvalue weighted by Crippen LogP contribution is 2.13. The zero-order valence-corrected chi connectivity index (χ0v) is 13.5. The minimum absolute atomic E-state index is 0.143. The molecule has 0 aliphatic heterocycles. The molecular formula is C17H24N4O2. The first kappa shape index (κ1) is 17.1. The van der Waals surface area contributed by atoms with Gasteiger partial charge in [0.15, 0.2) is 5.69 Å². The van der Waals surface area contributed by atoms with Crippen LogP contribution in [0, 0.1) is 0 Å². The van der Waals surface area contributed by atoms with Gasteiger partial charge in [0.1, 0.15) is 0 Å². The highest BCUT2D eigenvalue weighted by Gasteiger charge is 2.16. The number of nitrogens with zero attached hydrogens (tertiary/aromatic N) is 2. The summed E-state index contributed by atoms with van der Waals surface area (Å²) in [6.45, 7) is 3.65. The number of rotatable bonds is 8. The van der Waals surface area contributed by atoms with Crippen molar-refractivity contribution >= 4 is 16.7 Å². The Balaban J connectivity index is 2.39. The molecule has 0 aliphatic rings. The number of amides is 1. The Morgan fingerprint density at radius 2 is 1.96 bits per heavy atom. The first-order valence-corrected chi connectivity index (χ1v) is 8.17. The molecular weight excluding hydrogens is 292 g/mol. The van der Waals surface area contributed by atoms with Crippen molar-refractivity contribution in [3.8, 4) is 0 Å². The van der Waals surface area contributed by atoms with Crippen LogP contribution >= 0.6 is 0 Å². The van der Waals surface area contributed by atoms with Crippen LogP contribution in [0.4, 0.5) is 0 Å². The van der Waals surface area contributed by atoms with E-state index in [9.17, 15) is 9.59 Å². The molecule has 0 atom stereocenters. The van der Waals surface area contributed by atoms with Gasteiger partial charge in [0.05, 0.1) is 5.39 Å². The molecule has 0 unspecified atom stereocenters. The molecule has 1 amide bonds. The van der Waals surface area contributed by atoms with Gasteiger partial charge < -0.3 is 11.1 Å². The van der Waals surface area contributed by atoms with Crippen molar-refractivity contribution in [1.82, 2.24) is 15.1 Å². The molecule has 23 heavy (non-hydrogen) atoms. The molecule has 0 fully saturated rings. The second-order valence-corrected chi connectivity index (χ2v) is 5.53. The van der Waals surface area contributed by atoms with Gasteiger partial charge in [-0.05, 0) is 25.5 Å². The Labute approximate surface area is 135 Å². The number of carbonyl (C=O) groups is 1. The number of carbonyl (C=O) groups excluding carboxylic acids is 1. The standard InChI is InChI=1S/C17H24N4O2/c1-2-3-6-12-21-17(23)14-9-5-4-8-13(14)15(20-21)16(22)19-11-7-10-18/h4-5,8-9H,2-3,6-7,10-12,18H2,1H3,(H,19,22). The minimum Gasteiger partial charge on any atom is -0.351 e. The topological polar surface area (TPSA) is 90.0 Å². The Hall–Kier alpha value is -2.21. The number of nitrogens with one attached hydrogen (secondary N) is 1. The van der Waals surface area contributed by atoms with E-state index in [1.54, 1.807) is 18.2 Å². The summed E-state index contributed by atoms with van der Waals surface area (Å²) < 4.78 is 1.41. The monoisotopic (exact) mass is 316 g/mol. The van der Waals surface area contributed by atoms with Gasteiger partial charge in [-0.2, -0.15) is 5.10 Å². The van der Waals surface area contributed by atoms with E-state index in [0.717, 1.165) is 19.3 Å². The predicted molar refractivity (Wildman–Crippen MR) is 91.5 cm³/mol. The lowest BCUT2D eigenvalue weighted by Gasteiger charge is -2.11. The summed E-state index contributed by atoms with van der Waals surface area (Å²) in [5, 5.41) is 8.24. The fourth-order valence-corrected chi connectivity index (χ4v) is 2.45. The molecule has 2 aromatic rings. The van der Waals surface area contributed by atoms with E-state index < -0.39 is 0 Å². The van der Waals surface area contributed by atoms with Gasteiger partial charge >= 0.3 is 0 Å². The summed E-state index contributed by atoms with van der Waals surface area (Å²) in [4.78, 5) is 24.9. The van der Waals surface area contributed by atoms with Crippen molar-refractivity contribution < 1.29 is 4.79 Å². The second kappa shape index (κ2) is 8.43. The molecule has 6 heteroatoms. The summed E-state index contributed by atoms with van der Waals surface area (Å²) in [5.74, 6) is -0.265. The molecule has 1 aromatic heterocycles. The first-order chi connectivity index (χ1) is 11.2. The third-order valence-electron chi connectivity index (χ3n) is 3.72. The molecule has 0 saturated heterocycles. The smallest absolute Gasteiger partial charge is 0.274 e. The zero-order valence-electron chi connectivity index (χ0n) is 13.5. The predicted octanol–water partition coefficient (Wildman–Crippen LogP) is 1.67. The van der Waals surface area contributed by atoms with Crippen molar-refractivity contribution in [3.05, 3.63) is 40.3 Å². The number of aryl methyl sites for hydroxylation is 1. The lowest BCUT2D eigenvalue weighted by atomic mass is 10.1. The molecule has 1 heterocycles. The van der Waals surface area contributed by atoms with E-state index in [1.807, 2.05) is 6.07 Å². The number of unbranched alkanes of at least 4 members (excludes halogenated alkanes) is 2. The lowest BCUT2D eigenvalue weighted by Crippen LogP contribution is -2.31. The van der Waals surface area contributed by atoms with Gasteiger partial charge in [0.2, 0.25) is 0 Å². The largest absolute Gasteiger partial charge is 0.351 e. The SMILES string of the molecule is CCCCCn1nc(C(=O)NCCCN)c2ccccc2c1=O. The van der Waals surface area contributed by atoms with Gasteiger partial charge in [0, 0.05) is 18.5 Å². The van der Waals surface area contributed by atoms with Crippen molar-refractivity contribution in [2.24, 2.45) is 5.73 Å². The molecule has 1 aromatic carbocycles. The third-order valence-corrected chi connectivity index (χ3v) is 3.72. The fourth-order valence-electron chi connectivity index (χ4n) is 2.45. The average Bonchev–Trinajstić information content (AvgIpc) is 2.57. The Bertz CT molecular complexity index is 724. The maximum absolute atomic E-state index is 12.5. The van der Waals surface area contributed by atoms with Crippen LogP contribution in [0.1, 0.15) is 43.1 Å². The normalized spacial score (nSPS) is 10.9. The highest BCUT2D eigenvalue weighted by molar-refractivity contribution is 6.04. The second-order valence-electron chi connectivity index (χ2n) is 5.53. The van der Waals surface area contributed by atoms with E-state index in [4.69, 9.17) is 5.73 Å². The summed E-state index contributed by atoms with van der Waals surface area (Å²) in [6.07, 6.45) is 3.67. The summed E-state index contributed by atoms with van der Waals surface area (Å²) in [6, 6.07) is 7.11. The molecule has 3 N–H and O–H groups in total. The van der Waals surface area contributed by atoms with Crippen LogP contribution in [0.25, 0.3) is 10.8 Å². The maximum atomic E-state index is 12.5. The van der Waals surface area contributed by atoms with Crippen LogP contribution in [0.5, 0.6) is 0 Å². The Morgan fingerprint density at radius 1 is 1.22 bits per heavy atom. The van der Waals surface area contributed by atoms with Gasteiger partial charge in [0.25, 0.3) is 11.5 Å². The maximum Gasteiger partial charge on any atom is 0.274 e. The van der Waals surface area contributed by atoms with Gasteiger partial charge in [-0.1, -0.05) is 38.0 Å². The van der Waals surface area contributed by atoms with Crippen LogP contribution in [0.2, 0.25) is 0 Å². The summed E-state index contributed by atoms with van der Waals surface area (Å²) in [7, 11) is 0. The Kier molecular flexibility index (Phi) is 6.29. The van der Waals surface area contributed by atoms with Crippen LogP contribution in [0.15, 0.2) is 29.1 Å². The molecule has 6 nitrogen and oxygen atoms in total. The molecule has 0 bridgehead atoms. The van der Waals surface area contributed by atoms with E-state index >= 15 is 0 Å². The van der Waals surface area contributed by atoms with Gasteiger partial charge in [-0.3, -0.25) is 9.59 Å². The van der Waals surface area contributed by atoms with Gasteiger partial charge in [-0.15, -0.1) is 0 Å². The number of fused-ring (bicyclic) bond motifs is 1. The van der Waals surface area contributed by atoms with Crippen molar-refractivity contribution in [3.63, 3.8) is 0 Å². The number of aromatic nitrogens is 2. The van der Waals surface area contributed by atoms with Crippen LogP contribution < -0.4 is 16.6 Å². The van der Waals surface area contributed by atoms with Crippen molar-refractivity contribution in [2.75, 3.05) is 13.1 Å². The summed E-state index contributed by atoms with van der Waals surface area (Å²) in [5.41, 5.74) is 5.60. The number of benzene rings is 1. The van der Waals surface area contributed by atoms with Gasteiger partial charge in [-0.25, -0.2) is 4.68 Å². The molecule has 124 valence electrons. The molecule has 0 saturated carbocycles. The lowest BCUT2D eigenvalue weighted by molar-refractivity contribution is 0.0948. The zero-order chi connectivity index (χ0) is 16.7. The third kappa shape index (κ3) is 4.16. The van der Waals surface area contributed by atoms with Crippen LogP contribution in [0.3, 0.4) is 0 Å².